The second kappa shape index (κ2) is 5.68. The van der Waals surface area contributed by atoms with E-state index in [4.69, 9.17) is 9.47 Å². The molecule has 92 valence electrons. The van der Waals surface area contributed by atoms with Crippen molar-refractivity contribution in [1.29, 1.82) is 0 Å². The Morgan fingerprint density at radius 1 is 0.778 bits per heavy atom. The average molecular weight is 305 g/mol. The van der Waals surface area contributed by atoms with Crippen molar-refractivity contribution in [2.45, 2.75) is 6.29 Å². The van der Waals surface area contributed by atoms with Crippen LogP contribution in [0.15, 0.2) is 54.6 Å². The van der Waals surface area contributed by atoms with E-state index in [1.54, 1.807) is 0 Å². The van der Waals surface area contributed by atoms with E-state index in [1.165, 1.54) is 8.92 Å². The minimum atomic E-state index is -0.164. The second-order valence-electron chi connectivity index (χ2n) is 4.06. The Bertz CT molecular complexity index is 490. The predicted octanol–water partition coefficient (Wildman–Crippen LogP) is 1.39. The maximum absolute atomic E-state index is 5.48. The summed E-state index contributed by atoms with van der Waals surface area (Å²) in [6, 6.07) is 19.1. The first-order valence-electron chi connectivity index (χ1n) is 5.98. The molecule has 1 heterocycles. The van der Waals surface area contributed by atoms with Crippen molar-refractivity contribution in [1.82, 2.24) is 0 Å². The van der Waals surface area contributed by atoms with Gasteiger partial charge in [-0.2, -0.15) is 0 Å². The number of hydrogen-bond donors (Lipinski definition) is 0. The molecule has 1 saturated heterocycles. The van der Waals surface area contributed by atoms with Gasteiger partial charge in [0.1, 0.15) is 0 Å². The van der Waals surface area contributed by atoms with Gasteiger partial charge in [-0.05, 0) is 0 Å². The molecule has 2 nitrogen and oxygen atoms in total. The molecule has 3 heteroatoms. The Hall–Kier alpha value is -1.12. The van der Waals surface area contributed by atoms with Gasteiger partial charge in [0, 0.05) is 0 Å². The van der Waals surface area contributed by atoms with Crippen molar-refractivity contribution in [2.75, 3.05) is 13.2 Å². The van der Waals surface area contributed by atoms with Crippen LogP contribution in [0, 0.1) is 0 Å². The van der Waals surface area contributed by atoms with Crippen LogP contribution in [0.25, 0.3) is 0 Å². The van der Waals surface area contributed by atoms with Crippen LogP contribution in [0.4, 0.5) is 0 Å². The third-order valence-electron chi connectivity index (χ3n) is 2.75. The zero-order valence-electron chi connectivity index (χ0n) is 9.91. The van der Waals surface area contributed by atoms with Gasteiger partial charge in [-0.1, -0.05) is 0 Å². The van der Waals surface area contributed by atoms with Crippen LogP contribution >= 0.6 is 0 Å². The summed E-state index contributed by atoms with van der Waals surface area (Å²) in [6.45, 7) is 1.39. The van der Waals surface area contributed by atoms with Gasteiger partial charge in [0.05, 0.1) is 0 Å². The van der Waals surface area contributed by atoms with Crippen molar-refractivity contribution in [3.8, 4) is 0 Å². The molecule has 0 aromatic heterocycles. The number of rotatable bonds is 3. The molecule has 3 rings (SSSR count). The van der Waals surface area contributed by atoms with Crippen LogP contribution in [-0.4, -0.2) is 28.2 Å². The van der Waals surface area contributed by atoms with E-state index in [-0.39, 0.29) is 6.29 Å². The van der Waals surface area contributed by atoms with Crippen LogP contribution < -0.4 is 8.92 Å². The second-order valence-corrected chi connectivity index (χ2v) is 6.46. The number of benzene rings is 2. The van der Waals surface area contributed by atoms with Gasteiger partial charge in [0.2, 0.25) is 0 Å². The van der Waals surface area contributed by atoms with E-state index in [9.17, 15) is 0 Å². The van der Waals surface area contributed by atoms with Crippen molar-refractivity contribution in [2.24, 2.45) is 0 Å². The first-order valence-corrected chi connectivity index (χ1v) is 7.69. The number of ether oxygens (including phenoxy) is 2. The molecule has 0 amide bonds. The molecule has 0 saturated carbocycles. The molecule has 0 bridgehead atoms. The predicted molar refractivity (Wildman–Crippen MR) is 72.6 cm³/mol. The number of hydrogen-bond acceptors (Lipinski definition) is 2. The molecular weight excluding hydrogens is 291 g/mol. The standard InChI is InChI=1S/C15H14O2Se/c1-2-4-13(5-3-1)18-14-8-6-12(7-9-14)15-16-10-11-17-15/h1-9,15H,10-11H2. The van der Waals surface area contributed by atoms with E-state index in [0.29, 0.717) is 28.2 Å². The molecule has 0 atom stereocenters. The summed E-state index contributed by atoms with van der Waals surface area (Å²) in [5.41, 5.74) is 1.11. The first kappa shape index (κ1) is 11.9. The third-order valence-corrected chi connectivity index (χ3v) is 4.88. The van der Waals surface area contributed by atoms with Crippen molar-refractivity contribution < 1.29 is 9.47 Å². The quantitative estimate of drug-likeness (QED) is 0.798. The summed E-state index contributed by atoms with van der Waals surface area (Å²) < 4.78 is 13.7. The summed E-state index contributed by atoms with van der Waals surface area (Å²) in [5, 5.41) is 0. The van der Waals surface area contributed by atoms with Gasteiger partial charge in [0.25, 0.3) is 0 Å². The Kier molecular flexibility index (Phi) is 3.77. The molecule has 0 unspecified atom stereocenters. The van der Waals surface area contributed by atoms with Gasteiger partial charge in [-0.3, -0.25) is 0 Å². The van der Waals surface area contributed by atoms with E-state index in [2.05, 4.69) is 54.6 Å². The molecule has 0 N–H and O–H groups in total. The van der Waals surface area contributed by atoms with Crippen LogP contribution in [0.5, 0.6) is 0 Å². The van der Waals surface area contributed by atoms with E-state index in [1.807, 2.05) is 0 Å². The molecule has 1 aliphatic rings. The fourth-order valence-electron chi connectivity index (χ4n) is 1.87. The molecular formula is C15H14O2Se. The summed E-state index contributed by atoms with van der Waals surface area (Å²) in [5.74, 6) is 0. The third kappa shape index (κ3) is 2.82. The van der Waals surface area contributed by atoms with Gasteiger partial charge in [0.15, 0.2) is 0 Å². The molecule has 0 spiro atoms. The minimum absolute atomic E-state index is 0.164. The van der Waals surface area contributed by atoms with E-state index < -0.39 is 0 Å². The first-order chi connectivity index (χ1) is 8.92. The Morgan fingerprint density at radius 3 is 2.06 bits per heavy atom. The average Bonchev–Trinajstić information content (AvgIpc) is 2.95. The molecule has 0 aliphatic carbocycles. The maximum atomic E-state index is 5.48. The Balaban J connectivity index is 1.71. The molecule has 0 radical (unpaired) electrons. The van der Waals surface area contributed by atoms with Gasteiger partial charge in [-0.25, -0.2) is 0 Å². The fourth-order valence-corrected chi connectivity index (χ4v) is 3.63. The molecule has 2 aromatic rings. The van der Waals surface area contributed by atoms with Gasteiger partial charge in [-0.15, -0.1) is 0 Å². The van der Waals surface area contributed by atoms with Crippen LogP contribution in [0.2, 0.25) is 0 Å². The molecule has 18 heavy (non-hydrogen) atoms. The van der Waals surface area contributed by atoms with E-state index >= 15 is 0 Å². The van der Waals surface area contributed by atoms with Crippen molar-refractivity contribution >= 4 is 23.9 Å². The van der Waals surface area contributed by atoms with Crippen molar-refractivity contribution in [3.63, 3.8) is 0 Å². The molecule has 2 aromatic carbocycles. The van der Waals surface area contributed by atoms with Crippen molar-refractivity contribution in [3.05, 3.63) is 60.2 Å². The molecule has 1 aliphatic heterocycles. The zero-order chi connectivity index (χ0) is 12.2. The van der Waals surface area contributed by atoms with Crippen LogP contribution in [-0.2, 0) is 9.47 Å². The fraction of sp³-hybridized carbons (Fsp3) is 0.200. The normalized spacial score (nSPS) is 16.0. The Morgan fingerprint density at radius 2 is 1.39 bits per heavy atom. The monoisotopic (exact) mass is 306 g/mol. The van der Waals surface area contributed by atoms with Gasteiger partial charge >= 0.3 is 113 Å². The topological polar surface area (TPSA) is 18.5 Å². The summed E-state index contributed by atoms with van der Waals surface area (Å²) in [7, 11) is 0. The summed E-state index contributed by atoms with van der Waals surface area (Å²) in [4.78, 5) is 0. The van der Waals surface area contributed by atoms with E-state index in [0.717, 1.165) is 5.56 Å². The molecule has 1 fully saturated rings. The SMILES string of the molecule is c1ccc([Se]c2ccc(C3OCCO3)cc2)cc1. The zero-order valence-corrected chi connectivity index (χ0v) is 11.6. The Labute approximate surface area is 113 Å². The van der Waals surface area contributed by atoms with Crippen LogP contribution in [0.1, 0.15) is 11.9 Å². The summed E-state index contributed by atoms with van der Waals surface area (Å²) >= 11 is 0.372. The summed E-state index contributed by atoms with van der Waals surface area (Å²) in [6.07, 6.45) is -0.164. The van der Waals surface area contributed by atoms with Crippen LogP contribution in [0.3, 0.4) is 0 Å². The van der Waals surface area contributed by atoms with Gasteiger partial charge < -0.3 is 0 Å².